The summed E-state index contributed by atoms with van der Waals surface area (Å²) in [6.45, 7) is 14.4. The molecule has 0 aromatic carbocycles. The quantitative estimate of drug-likeness (QED) is 0.666. The van der Waals surface area contributed by atoms with Gasteiger partial charge in [0.1, 0.15) is 0 Å². The first kappa shape index (κ1) is 15.5. The monoisotopic (exact) mass is 250 g/mol. The van der Waals surface area contributed by atoms with Crippen molar-refractivity contribution in [3.8, 4) is 0 Å². The zero-order chi connectivity index (χ0) is 13.4. The molecular weight excluding hydrogens is 220 g/mol. The average molecular weight is 250 g/mol. The molecule has 1 aliphatic carbocycles. The van der Waals surface area contributed by atoms with Crippen molar-refractivity contribution in [2.45, 2.75) is 32.6 Å². The molecule has 1 saturated carbocycles. The molecule has 0 heterocycles. The minimum Gasteiger partial charge on any atom is -0.319 e. The molecule has 0 radical (unpaired) electrons. The predicted octanol–water partition coefficient (Wildman–Crippen LogP) is 3.08. The van der Waals surface area contributed by atoms with Crippen molar-refractivity contribution in [2.75, 3.05) is 33.2 Å². The molecule has 0 spiro atoms. The topological polar surface area (TPSA) is 15.3 Å². The van der Waals surface area contributed by atoms with Gasteiger partial charge < -0.3 is 5.32 Å². The lowest BCUT2D eigenvalue weighted by molar-refractivity contribution is 0.0926. The van der Waals surface area contributed by atoms with Crippen LogP contribution in [-0.2, 0) is 0 Å². The summed E-state index contributed by atoms with van der Waals surface area (Å²) in [7, 11) is 2.08. The van der Waals surface area contributed by atoms with Gasteiger partial charge in [-0.1, -0.05) is 31.9 Å². The van der Waals surface area contributed by atoms with Crippen LogP contribution in [0.3, 0.4) is 0 Å². The van der Waals surface area contributed by atoms with Gasteiger partial charge in [0.25, 0.3) is 0 Å². The summed E-state index contributed by atoms with van der Waals surface area (Å²) in [5, 5.41) is 3.41. The molecule has 1 fully saturated rings. The van der Waals surface area contributed by atoms with E-state index in [1.165, 1.54) is 25.7 Å². The summed E-state index contributed by atoms with van der Waals surface area (Å²) in [5.74, 6) is 0.862. The SMILES string of the molecule is C=CCN(CC=C)CC1(CNC)CCCC(C)C1. The van der Waals surface area contributed by atoms with Crippen LogP contribution in [0.1, 0.15) is 32.6 Å². The largest absolute Gasteiger partial charge is 0.319 e. The van der Waals surface area contributed by atoms with Gasteiger partial charge in [0.05, 0.1) is 0 Å². The summed E-state index contributed by atoms with van der Waals surface area (Å²) in [4.78, 5) is 2.47. The fourth-order valence-corrected chi connectivity index (χ4v) is 3.55. The van der Waals surface area contributed by atoms with Gasteiger partial charge in [-0.15, -0.1) is 13.2 Å². The van der Waals surface area contributed by atoms with E-state index in [2.05, 4.69) is 37.3 Å². The highest BCUT2D eigenvalue weighted by Crippen LogP contribution is 2.39. The maximum atomic E-state index is 3.87. The molecule has 0 aromatic heterocycles. The molecule has 0 amide bonds. The van der Waals surface area contributed by atoms with Gasteiger partial charge in [0.15, 0.2) is 0 Å². The molecule has 104 valence electrons. The Kier molecular flexibility index (Phi) is 6.66. The van der Waals surface area contributed by atoms with Crippen LogP contribution in [0, 0.1) is 11.3 Å². The average Bonchev–Trinajstić information content (AvgIpc) is 2.29. The van der Waals surface area contributed by atoms with Crippen LogP contribution in [0.5, 0.6) is 0 Å². The fourth-order valence-electron chi connectivity index (χ4n) is 3.55. The molecule has 0 aliphatic heterocycles. The van der Waals surface area contributed by atoms with Crippen LogP contribution in [0.15, 0.2) is 25.3 Å². The van der Waals surface area contributed by atoms with E-state index < -0.39 is 0 Å². The third-order valence-electron chi connectivity index (χ3n) is 4.07. The van der Waals surface area contributed by atoms with Gasteiger partial charge >= 0.3 is 0 Å². The summed E-state index contributed by atoms with van der Waals surface area (Å²) in [5.41, 5.74) is 0.443. The Morgan fingerprint density at radius 1 is 1.33 bits per heavy atom. The summed E-state index contributed by atoms with van der Waals surface area (Å²) in [6, 6.07) is 0. The van der Waals surface area contributed by atoms with E-state index in [0.29, 0.717) is 5.41 Å². The van der Waals surface area contributed by atoms with Crippen molar-refractivity contribution in [2.24, 2.45) is 11.3 Å². The molecule has 18 heavy (non-hydrogen) atoms. The van der Waals surface area contributed by atoms with E-state index in [0.717, 1.165) is 32.1 Å². The normalized spacial score (nSPS) is 28.3. The first-order valence-corrected chi connectivity index (χ1v) is 7.24. The van der Waals surface area contributed by atoms with Gasteiger partial charge in [-0.05, 0) is 31.2 Å². The third-order valence-corrected chi connectivity index (χ3v) is 4.07. The smallest absolute Gasteiger partial charge is 0.0164 e. The molecule has 0 aromatic rings. The summed E-state index contributed by atoms with van der Waals surface area (Å²) < 4.78 is 0. The second-order valence-corrected chi connectivity index (χ2v) is 6.00. The Morgan fingerprint density at radius 2 is 2.00 bits per heavy atom. The second-order valence-electron chi connectivity index (χ2n) is 6.00. The Bertz CT molecular complexity index is 248. The summed E-state index contributed by atoms with van der Waals surface area (Å²) >= 11 is 0. The molecule has 0 bridgehead atoms. The third kappa shape index (κ3) is 4.58. The van der Waals surface area contributed by atoms with E-state index in [-0.39, 0.29) is 0 Å². The highest BCUT2D eigenvalue weighted by atomic mass is 15.1. The van der Waals surface area contributed by atoms with Crippen LogP contribution >= 0.6 is 0 Å². The Labute approximate surface area is 113 Å². The van der Waals surface area contributed by atoms with Gasteiger partial charge in [0, 0.05) is 26.2 Å². The van der Waals surface area contributed by atoms with Gasteiger partial charge in [-0.2, -0.15) is 0 Å². The maximum absolute atomic E-state index is 3.87. The molecule has 1 rings (SSSR count). The van der Waals surface area contributed by atoms with Crippen molar-refractivity contribution in [1.82, 2.24) is 10.2 Å². The molecule has 2 atom stereocenters. The van der Waals surface area contributed by atoms with E-state index in [1.807, 2.05) is 12.2 Å². The standard InChI is InChI=1S/C16H30N2/c1-5-10-18(11-6-2)14-16(13-17-4)9-7-8-15(3)12-16/h5-6,15,17H,1-2,7-14H2,3-4H3. The van der Waals surface area contributed by atoms with Gasteiger partial charge in [0.2, 0.25) is 0 Å². The van der Waals surface area contributed by atoms with Crippen LogP contribution in [-0.4, -0.2) is 38.1 Å². The molecule has 2 unspecified atom stereocenters. The minimum absolute atomic E-state index is 0.443. The van der Waals surface area contributed by atoms with Crippen molar-refractivity contribution in [3.05, 3.63) is 25.3 Å². The number of nitrogens with one attached hydrogen (secondary N) is 1. The first-order valence-electron chi connectivity index (χ1n) is 7.24. The zero-order valence-corrected chi connectivity index (χ0v) is 12.3. The van der Waals surface area contributed by atoms with Crippen LogP contribution in [0.2, 0.25) is 0 Å². The first-order chi connectivity index (χ1) is 8.65. The summed E-state index contributed by atoms with van der Waals surface area (Å²) in [6.07, 6.45) is 9.47. The van der Waals surface area contributed by atoms with Crippen LogP contribution in [0.25, 0.3) is 0 Å². The molecular formula is C16H30N2. The van der Waals surface area contributed by atoms with E-state index >= 15 is 0 Å². The Morgan fingerprint density at radius 3 is 2.50 bits per heavy atom. The van der Waals surface area contributed by atoms with Crippen molar-refractivity contribution < 1.29 is 0 Å². The van der Waals surface area contributed by atoms with Gasteiger partial charge in [-0.25, -0.2) is 0 Å². The number of hydrogen-bond acceptors (Lipinski definition) is 2. The molecule has 1 N–H and O–H groups in total. The van der Waals surface area contributed by atoms with Crippen molar-refractivity contribution in [3.63, 3.8) is 0 Å². The molecule has 2 nitrogen and oxygen atoms in total. The minimum atomic E-state index is 0.443. The number of hydrogen-bond donors (Lipinski definition) is 1. The fraction of sp³-hybridized carbons (Fsp3) is 0.750. The molecule has 0 saturated heterocycles. The Hall–Kier alpha value is -0.600. The number of rotatable bonds is 8. The molecule has 1 aliphatic rings. The molecule has 2 heteroatoms. The highest BCUT2D eigenvalue weighted by molar-refractivity contribution is 4.92. The van der Waals surface area contributed by atoms with Crippen LogP contribution in [0.4, 0.5) is 0 Å². The second kappa shape index (κ2) is 7.75. The lowest BCUT2D eigenvalue weighted by Crippen LogP contribution is -2.46. The lowest BCUT2D eigenvalue weighted by atomic mass is 9.69. The number of nitrogens with zero attached hydrogens (tertiary/aromatic N) is 1. The lowest BCUT2D eigenvalue weighted by Gasteiger charge is -2.43. The Balaban J connectivity index is 2.69. The van der Waals surface area contributed by atoms with Crippen molar-refractivity contribution in [1.29, 1.82) is 0 Å². The van der Waals surface area contributed by atoms with E-state index in [4.69, 9.17) is 0 Å². The van der Waals surface area contributed by atoms with E-state index in [9.17, 15) is 0 Å². The van der Waals surface area contributed by atoms with Gasteiger partial charge in [-0.3, -0.25) is 4.90 Å². The maximum Gasteiger partial charge on any atom is 0.0164 e. The van der Waals surface area contributed by atoms with Crippen molar-refractivity contribution >= 4 is 0 Å². The highest BCUT2D eigenvalue weighted by Gasteiger charge is 2.35. The van der Waals surface area contributed by atoms with E-state index in [1.54, 1.807) is 0 Å². The van der Waals surface area contributed by atoms with Crippen LogP contribution < -0.4 is 5.32 Å². The predicted molar refractivity (Wildman–Crippen MR) is 80.8 cm³/mol. The zero-order valence-electron chi connectivity index (χ0n) is 12.3.